The fourth-order valence-electron chi connectivity index (χ4n) is 4.11. The SMILES string of the molecule is N#Cc1ccc2c(c1)C[C@H](NC(=O)CN1CCOCC1)CN2Cc1ccccc1. The number of carbonyl (C=O) groups is 1. The lowest BCUT2D eigenvalue weighted by Gasteiger charge is -2.37. The smallest absolute Gasteiger partial charge is 0.234 e. The maximum absolute atomic E-state index is 12.6. The van der Waals surface area contributed by atoms with Crippen molar-refractivity contribution in [2.24, 2.45) is 0 Å². The minimum atomic E-state index is 0.0219. The molecular weight excluding hydrogens is 364 g/mol. The monoisotopic (exact) mass is 390 g/mol. The molecule has 4 rings (SSSR count). The quantitative estimate of drug-likeness (QED) is 0.845. The molecule has 0 unspecified atom stereocenters. The van der Waals surface area contributed by atoms with Crippen LogP contribution < -0.4 is 10.2 Å². The molecule has 2 aromatic carbocycles. The van der Waals surface area contributed by atoms with Crippen molar-refractivity contribution in [2.75, 3.05) is 44.3 Å². The van der Waals surface area contributed by atoms with E-state index in [9.17, 15) is 10.1 Å². The van der Waals surface area contributed by atoms with Crippen molar-refractivity contribution >= 4 is 11.6 Å². The van der Waals surface area contributed by atoms with Gasteiger partial charge in [0.1, 0.15) is 0 Å². The second kappa shape index (κ2) is 9.08. The van der Waals surface area contributed by atoms with Crippen LogP contribution in [-0.4, -0.2) is 56.2 Å². The number of hydrogen-bond acceptors (Lipinski definition) is 5. The minimum Gasteiger partial charge on any atom is -0.379 e. The second-order valence-electron chi connectivity index (χ2n) is 7.68. The molecule has 1 N–H and O–H groups in total. The molecule has 0 bridgehead atoms. The zero-order valence-corrected chi connectivity index (χ0v) is 16.5. The Hall–Kier alpha value is -2.88. The largest absolute Gasteiger partial charge is 0.379 e. The number of fused-ring (bicyclic) bond motifs is 1. The van der Waals surface area contributed by atoms with Gasteiger partial charge in [0.05, 0.1) is 37.4 Å². The van der Waals surface area contributed by atoms with Gasteiger partial charge in [-0.05, 0) is 35.7 Å². The van der Waals surface area contributed by atoms with Crippen LogP contribution in [0.25, 0.3) is 0 Å². The molecule has 0 aromatic heterocycles. The Morgan fingerprint density at radius 2 is 1.97 bits per heavy atom. The van der Waals surface area contributed by atoms with E-state index in [1.807, 2.05) is 36.4 Å². The maximum Gasteiger partial charge on any atom is 0.234 e. The molecule has 0 aliphatic carbocycles. The van der Waals surface area contributed by atoms with Crippen molar-refractivity contribution < 1.29 is 9.53 Å². The number of rotatable bonds is 5. The molecule has 0 spiro atoms. The van der Waals surface area contributed by atoms with Crippen LogP contribution in [0.2, 0.25) is 0 Å². The van der Waals surface area contributed by atoms with Crippen LogP contribution in [0.1, 0.15) is 16.7 Å². The maximum atomic E-state index is 12.6. The Labute approximate surface area is 171 Å². The number of anilines is 1. The van der Waals surface area contributed by atoms with E-state index in [0.29, 0.717) is 25.3 Å². The van der Waals surface area contributed by atoms with E-state index in [1.54, 1.807) is 0 Å². The molecule has 1 saturated heterocycles. The van der Waals surface area contributed by atoms with Gasteiger partial charge in [-0.3, -0.25) is 9.69 Å². The number of nitrogens with zero attached hydrogens (tertiary/aromatic N) is 3. The van der Waals surface area contributed by atoms with Gasteiger partial charge >= 0.3 is 0 Å². The van der Waals surface area contributed by atoms with Crippen LogP contribution in [0.5, 0.6) is 0 Å². The van der Waals surface area contributed by atoms with Crippen LogP contribution in [0, 0.1) is 11.3 Å². The van der Waals surface area contributed by atoms with Crippen LogP contribution >= 0.6 is 0 Å². The number of ether oxygens (including phenoxy) is 1. The molecule has 2 heterocycles. The van der Waals surface area contributed by atoms with Crippen molar-refractivity contribution in [2.45, 2.75) is 19.0 Å². The molecular formula is C23H26N4O2. The van der Waals surface area contributed by atoms with E-state index in [4.69, 9.17) is 4.74 Å². The predicted molar refractivity (Wildman–Crippen MR) is 112 cm³/mol. The first kappa shape index (κ1) is 19.4. The molecule has 0 saturated carbocycles. The molecule has 2 aromatic rings. The summed E-state index contributed by atoms with van der Waals surface area (Å²) in [7, 11) is 0. The van der Waals surface area contributed by atoms with Gasteiger partial charge in [0, 0.05) is 31.9 Å². The normalized spacial score (nSPS) is 19.3. The first-order valence-corrected chi connectivity index (χ1v) is 10.1. The van der Waals surface area contributed by atoms with Crippen LogP contribution in [0.4, 0.5) is 5.69 Å². The number of morpholine rings is 1. The second-order valence-corrected chi connectivity index (χ2v) is 7.68. The van der Waals surface area contributed by atoms with E-state index < -0.39 is 0 Å². The number of amides is 1. The third kappa shape index (κ3) is 4.94. The van der Waals surface area contributed by atoms with E-state index in [1.165, 1.54) is 5.56 Å². The molecule has 6 nitrogen and oxygen atoms in total. The van der Waals surface area contributed by atoms with Gasteiger partial charge in [-0.2, -0.15) is 5.26 Å². The topological polar surface area (TPSA) is 68.6 Å². The van der Waals surface area contributed by atoms with Crippen molar-refractivity contribution in [1.29, 1.82) is 5.26 Å². The van der Waals surface area contributed by atoms with Crippen molar-refractivity contribution in [3.63, 3.8) is 0 Å². The minimum absolute atomic E-state index is 0.0219. The summed E-state index contributed by atoms with van der Waals surface area (Å²) in [6.07, 6.45) is 0.741. The zero-order chi connectivity index (χ0) is 20.1. The van der Waals surface area contributed by atoms with Gasteiger partial charge in [0.25, 0.3) is 0 Å². The highest BCUT2D eigenvalue weighted by atomic mass is 16.5. The van der Waals surface area contributed by atoms with Gasteiger partial charge in [0.2, 0.25) is 5.91 Å². The summed E-state index contributed by atoms with van der Waals surface area (Å²) in [5.41, 5.74) is 4.14. The third-order valence-electron chi connectivity index (χ3n) is 5.51. The third-order valence-corrected chi connectivity index (χ3v) is 5.51. The van der Waals surface area contributed by atoms with Crippen LogP contribution in [0.3, 0.4) is 0 Å². The Kier molecular flexibility index (Phi) is 6.09. The zero-order valence-electron chi connectivity index (χ0n) is 16.5. The van der Waals surface area contributed by atoms with Gasteiger partial charge < -0.3 is 15.0 Å². The lowest BCUT2D eigenvalue weighted by atomic mass is 9.95. The Bertz CT molecular complexity index is 887. The molecule has 29 heavy (non-hydrogen) atoms. The molecule has 2 aliphatic rings. The van der Waals surface area contributed by atoms with E-state index in [0.717, 1.165) is 43.9 Å². The Morgan fingerprint density at radius 1 is 1.17 bits per heavy atom. The number of benzene rings is 2. The van der Waals surface area contributed by atoms with Crippen molar-refractivity contribution in [3.8, 4) is 6.07 Å². The highest BCUT2D eigenvalue weighted by Gasteiger charge is 2.26. The Morgan fingerprint density at radius 3 is 2.72 bits per heavy atom. The molecule has 6 heteroatoms. The lowest BCUT2D eigenvalue weighted by molar-refractivity contribution is -0.123. The summed E-state index contributed by atoms with van der Waals surface area (Å²) in [5, 5.41) is 12.5. The summed E-state index contributed by atoms with van der Waals surface area (Å²) in [5.74, 6) is 0.0523. The molecule has 150 valence electrons. The van der Waals surface area contributed by atoms with Crippen LogP contribution in [-0.2, 0) is 22.5 Å². The Balaban J connectivity index is 1.48. The lowest BCUT2D eigenvalue weighted by Crippen LogP contribution is -2.51. The summed E-state index contributed by atoms with van der Waals surface area (Å²) in [6.45, 7) is 4.90. The number of hydrogen-bond donors (Lipinski definition) is 1. The molecule has 1 atom stereocenters. The highest BCUT2D eigenvalue weighted by Crippen LogP contribution is 2.29. The standard InChI is InChI=1S/C23H26N4O2/c24-14-19-6-7-22-20(12-19)13-21(16-27(22)15-18-4-2-1-3-5-18)25-23(28)17-26-8-10-29-11-9-26/h1-7,12,21H,8-11,13,15-17H2,(H,25,28)/t21-/m0/s1. The summed E-state index contributed by atoms with van der Waals surface area (Å²) < 4.78 is 5.36. The summed E-state index contributed by atoms with van der Waals surface area (Å²) in [4.78, 5) is 17.0. The summed E-state index contributed by atoms with van der Waals surface area (Å²) >= 11 is 0. The van der Waals surface area contributed by atoms with E-state index >= 15 is 0 Å². The fraction of sp³-hybridized carbons (Fsp3) is 0.391. The average molecular weight is 390 g/mol. The number of carbonyl (C=O) groups excluding carboxylic acids is 1. The molecule has 2 aliphatic heterocycles. The van der Waals surface area contributed by atoms with E-state index in [-0.39, 0.29) is 11.9 Å². The highest BCUT2D eigenvalue weighted by molar-refractivity contribution is 5.78. The van der Waals surface area contributed by atoms with Gasteiger partial charge in [0.15, 0.2) is 0 Å². The van der Waals surface area contributed by atoms with Crippen molar-refractivity contribution in [1.82, 2.24) is 10.2 Å². The first-order valence-electron chi connectivity index (χ1n) is 10.1. The predicted octanol–water partition coefficient (Wildman–Crippen LogP) is 1.94. The van der Waals surface area contributed by atoms with Gasteiger partial charge in [-0.25, -0.2) is 0 Å². The van der Waals surface area contributed by atoms with Crippen molar-refractivity contribution in [3.05, 3.63) is 65.2 Å². The molecule has 1 fully saturated rings. The molecule has 0 radical (unpaired) electrons. The van der Waals surface area contributed by atoms with Gasteiger partial charge in [-0.1, -0.05) is 30.3 Å². The van der Waals surface area contributed by atoms with Gasteiger partial charge in [-0.15, -0.1) is 0 Å². The van der Waals surface area contributed by atoms with E-state index in [2.05, 4.69) is 33.3 Å². The number of nitriles is 1. The summed E-state index contributed by atoms with van der Waals surface area (Å²) in [6, 6.07) is 18.4. The molecule has 1 amide bonds. The average Bonchev–Trinajstić information content (AvgIpc) is 2.74. The first-order chi connectivity index (χ1) is 14.2. The van der Waals surface area contributed by atoms with Crippen LogP contribution in [0.15, 0.2) is 48.5 Å². The number of nitrogens with one attached hydrogen (secondary N) is 1. The fourth-order valence-corrected chi connectivity index (χ4v) is 4.11.